The van der Waals surface area contributed by atoms with Gasteiger partial charge < -0.3 is 16.0 Å². The fourth-order valence-corrected chi connectivity index (χ4v) is 2.60. The van der Waals surface area contributed by atoms with Crippen LogP contribution in [0.1, 0.15) is 25.3 Å². The zero-order valence-electron chi connectivity index (χ0n) is 12.4. The second-order valence-corrected chi connectivity index (χ2v) is 6.03. The molecule has 1 fully saturated rings. The molecule has 2 rings (SSSR count). The van der Waals surface area contributed by atoms with Gasteiger partial charge in [0.25, 0.3) is 0 Å². The normalized spacial score (nSPS) is 20.4. The molecule has 1 aliphatic rings. The molecule has 1 aromatic carbocycles. The third-order valence-electron chi connectivity index (χ3n) is 4.23. The third kappa shape index (κ3) is 3.58. The van der Waals surface area contributed by atoms with Crippen molar-refractivity contribution in [3.8, 4) is 0 Å². The maximum absolute atomic E-state index is 12.3. The molecule has 0 saturated carbocycles. The highest BCUT2D eigenvalue weighted by molar-refractivity contribution is 5.86. The number of rotatable bonds is 4. The SMILES string of the molecule is CN1CCC(CNC(=O)C(C)(N)c2ccccc2)CC1. The summed E-state index contributed by atoms with van der Waals surface area (Å²) >= 11 is 0. The number of hydrogen-bond donors (Lipinski definition) is 2. The van der Waals surface area contributed by atoms with Gasteiger partial charge in [0.05, 0.1) is 0 Å². The Hall–Kier alpha value is -1.39. The fourth-order valence-electron chi connectivity index (χ4n) is 2.60. The molecule has 0 bridgehead atoms. The first-order chi connectivity index (χ1) is 9.50. The van der Waals surface area contributed by atoms with Crippen molar-refractivity contribution in [1.29, 1.82) is 0 Å². The van der Waals surface area contributed by atoms with E-state index in [1.807, 2.05) is 30.3 Å². The molecular formula is C16H25N3O. The van der Waals surface area contributed by atoms with E-state index < -0.39 is 5.54 Å². The van der Waals surface area contributed by atoms with Crippen molar-refractivity contribution in [2.45, 2.75) is 25.3 Å². The Balaban J connectivity index is 1.88. The summed E-state index contributed by atoms with van der Waals surface area (Å²) in [6.45, 7) is 4.72. The topological polar surface area (TPSA) is 58.4 Å². The number of nitrogens with one attached hydrogen (secondary N) is 1. The number of carbonyl (C=O) groups is 1. The molecular weight excluding hydrogens is 250 g/mol. The summed E-state index contributed by atoms with van der Waals surface area (Å²) in [6, 6.07) is 9.54. The Kier molecular flexibility index (Phi) is 4.78. The third-order valence-corrected chi connectivity index (χ3v) is 4.23. The number of piperidine rings is 1. The first-order valence-corrected chi connectivity index (χ1v) is 7.31. The van der Waals surface area contributed by atoms with Gasteiger partial charge in [-0.15, -0.1) is 0 Å². The van der Waals surface area contributed by atoms with Crippen LogP contribution in [-0.2, 0) is 10.3 Å². The van der Waals surface area contributed by atoms with E-state index in [1.54, 1.807) is 6.92 Å². The lowest BCUT2D eigenvalue weighted by Gasteiger charge is -2.30. The van der Waals surface area contributed by atoms with Crippen LogP contribution in [0.2, 0.25) is 0 Å². The van der Waals surface area contributed by atoms with E-state index in [-0.39, 0.29) is 5.91 Å². The van der Waals surface area contributed by atoms with Crippen LogP contribution in [0.25, 0.3) is 0 Å². The van der Waals surface area contributed by atoms with Crippen LogP contribution in [0.15, 0.2) is 30.3 Å². The summed E-state index contributed by atoms with van der Waals surface area (Å²) in [5, 5.41) is 3.02. The van der Waals surface area contributed by atoms with Crippen LogP contribution in [-0.4, -0.2) is 37.5 Å². The number of benzene rings is 1. The number of amides is 1. The van der Waals surface area contributed by atoms with Crippen LogP contribution < -0.4 is 11.1 Å². The maximum Gasteiger partial charge on any atom is 0.244 e. The highest BCUT2D eigenvalue weighted by Gasteiger charge is 2.30. The van der Waals surface area contributed by atoms with Crippen LogP contribution in [0.5, 0.6) is 0 Å². The first-order valence-electron chi connectivity index (χ1n) is 7.31. The maximum atomic E-state index is 12.3. The molecule has 1 heterocycles. The van der Waals surface area contributed by atoms with E-state index >= 15 is 0 Å². The van der Waals surface area contributed by atoms with Gasteiger partial charge in [0.15, 0.2) is 0 Å². The summed E-state index contributed by atoms with van der Waals surface area (Å²) in [4.78, 5) is 14.7. The molecule has 1 amide bonds. The van der Waals surface area contributed by atoms with Crippen molar-refractivity contribution >= 4 is 5.91 Å². The zero-order valence-corrected chi connectivity index (χ0v) is 12.4. The Morgan fingerprint density at radius 2 is 1.95 bits per heavy atom. The van der Waals surface area contributed by atoms with Gasteiger partial charge in [-0.1, -0.05) is 30.3 Å². The molecule has 0 aliphatic carbocycles. The number of nitrogens with zero attached hydrogens (tertiary/aromatic N) is 1. The molecule has 110 valence electrons. The lowest BCUT2D eigenvalue weighted by Crippen LogP contribution is -2.50. The minimum atomic E-state index is -0.966. The van der Waals surface area contributed by atoms with Crippen molar-refractivity contribution in [3.05, 3.63) is 35.9 Å². The fraction of sp³-hybridized carbons (Fsp3) is 0.562. The minimum Gasteiger partial charge on any atom is -0.354 e. The molecule has 3 N–H and O–H groups in total. The van der Waals surface area contributed by atoms with E-state index in [0.29, 0.717) is 5.92 Å². The molecule has 4 nitrogen and oxygen atoms in total. The number of nitrogens with two attached hydrogens (primary N) is 1. The van der Waals surface area contributed by atoms with Crippen LogP contribution >= 0.6 is 0 Å². The van der Waals surface area contributed by atoms with E-state index in [1.165, 1.54) is 0 Å². The van der Waals surface area contributed by atoms with Gasteiger partial charge in [0.2, 0.25) is 5.91 Å². The van der Waals surface area contributed by atoms with Crippen LogP contribution in [0.3, 0.4) is 0 Å². The highest BCUT2D eigenvalue weighted by atomic mass is 16.2. The second kappa shape index (κ2) is 6.37. The van der Waals surface area contributed by atoms with Crippen LogP contribution in [0, 0.1) is 5.92 Å². The Labute approximate surface area is 121 Å². The summed E-state index contributed by atoms with van der Waals surface area (Å²) in [6.07, 6.45) is 2.28. The second-order valence-electron chi connectivity index (χ2n) is 6.03. The molecule has 1 aromatic rings. The number of hydrogen-bond acceptors (Lipinski definition) is 3. The number of likely N-dealkylation sites (tertiary alicyclic amines) is 1. The quantitative estimate of drug-likeness (QED) is 0.871. The van der Waals surface area contributed by atoms with Gasteiger partial charge in [-0.3, -0.25) is 4.79 Å². The van der Waals surface area contributed by atoms with Crippen molar-refractivity contribution in [2.24, 2.45) is 11.7 Å². The van der Waals surface area contributed by atoms with Gasteiger partial charge in [0.1, 0.15) is 5.54 Å². The summed E-state index contributed by atoms with van der Waals surface area (Å²) in [5.74, 6) is 0.476. The monoisotopic (exact) mass is 275 g/mol. The van der Waals surface area contributed by atoms with Crippen LogP contribution in [0.4, 0.5) is 0 Å². The smallest absolute Gasteiger partial charge is 0.244 e. The molecule has 1 saturated heterocycles. The van der Waals surface area contributed by atoms with Crippen molar-refractivity contribution < 1.29 is 4.79 Å². The average Bonchev–Trinajstić information content (AvgIpc) is 2.47. The molecule has 20 heavy (non-hydrogen) atoms. The Bertz CT molecular complexity index is 436. The van der Waals surface area contributed by atoms with Gasteiger partial charge in [-0.25, -0.2) is 0 Å². The summed E-state index contributed by atoms with van der Waals surface area (Å²) < 4.78 is 0. The van der Waals surface area contributed by atoms with Crippen molar-refractivity contribution in [3.63, 3.8) is 0 Å². The predicted molar refractivity (Wildman–Crippen MR) is 81.2 cm³/mol. The Morgan fingerprint density at radius 3 is 2.55 bits per heavy atom. The molecule has 0 aromatic heterocycles. The average molecular weight is 275 g/mol. The molecule has 0 spiro atoms. The molecule has 1 atom stereocenters. The molecule has 1 unspecified atom stereocenters. The lowest BCUT2D eigenvalue weighted by atomic mass is 9.91. The minimum absolute atomic E-state index is 0.0948. The number of carbonyl (C=O) groups excluding carboxylic acids is 1. The predicted octanol–water partition coefficient (Wildman–Crippen LogP) is 1.32. The van der Waals surface area contributed by atoms with Gasteiger partial charge in [0, 0.05) is 6.54 Å². The standard InChI is InChI=1S/C16H25N3O/c1-16(17,14-6-4-3-5-7-14)15(20)18-12-13-8-10-19(2)11-9-13/h3-7,13H,8-12,17H2,1-2H3,(H,18,20). The summed E-state index contributed by atoms with van der Waals surface area (Å²) in [7, 11) is 2.14. The van der Waals surface area contributed by atoms with Gasteiger partial charge in [-0.2, -0.15) is 0 Å². The summed E-state index contributed by atoms with van der Waals surface area (Å²) in [5.41, 5.74) is 6.08. The highest BCUT2D eigenvalue weighted by Crippen LogP contribution is 2.19. The largest absolute Gasteiger partial charge is 0.354 e. The van der Waals surface area contributed by atoms with E-state index in [2.05, 4.69) is 17.3 Å². The van der Waals surface area contributed by atoms with Gasteiger partial charge in [-0.05, 0) is 51.4 Å². The van der Waals surface area contributed by atoms with E-state index in [9.17, 15) is 4.79 Å². The molecule has 1 aliphatic heterocycles. The van der Waals surface area contributed by atoms with Crippen molar-refractivity contribution in [1.82, 2.24) is 10.2 Å². The molecule has 4 heteroatoms. The lowest BCUT2D eigenvalue weighted by molar-refractivity contribution is -0.126. The first kappa shape index (κ1) is 15.0. The van der Waals surface area contributed by atoms with E-state index in [4.69, 9.17) is 5.73 Å². The van der Waals surface area contributed by atoms with Gasteiger partial charge >= 0.3 is 0 Å². The molecule has 0 radical (unpaired) electrons. The van der Waals surface area contributed by atoms with Crippen molar-refractivity contribution in [2.75, 3.05) is 26.7 Å². The van der Waals surface area contributed by atoms with E-state index in [0.717, 1.165) is 38.0 Å². The Morgan fingerprint density at radius 1 is 1.35 bits per heavy atom. The zero-order chi connectivity index (χ0) is 14.6.